The SMILES string of the molecule is CCS(=O)(=O)CCCN1CC2CN(CCCS(=O)(=O)c3ccc(C#N)cc3)CC2C1. The largest absolute Gasteiger partial charge is 0.303 e. The van der Waals surface area contributed by atoms with Gasteiger partial charge in [-0.2, -0.15) is 5.26 Å². The van der Waals surface area contributed by atoms with Crippen LogP contribution in [0.3, 0.4) is 0 Å². The Morgan fingerprint density at radius 2 is 1.40 bits per heavy atom. The zero-order chi connectivity index (χ0) is 21.8. The second-order valence-electron chi connectivity index (χ2n) is 8.44. The zero-order valence-corrected chi connectivity index (χ0v) is 19.2. The molecule has 2 fully saturated rings. The Hall–Kier alpha value is -1.47. The van der Waals surface area contributed by atoms with Crippen molar-refractivity contribution in [2.75, 3.05) is 56.5 Å². The Balaban J connectivity index is 1.38. The van der Waals surface area contributed by atoms with E-state index >= 15 is 0 Å². The number of fused-ring (bicyclic) bond motifs is 1. The minimum Gasteiger partial charge on any atom is -0.303 e. The summed E-state index contributed by atoms with van der Waals surface area (Å²) in [4.78, 5) is 5.02. The monoisotopic (exact) mass is 453 g/mol. The normalized spacial score (nSPS) is 22.8. The molecular formula is C21H31N3O4S2. The summed E-state index contributed by atoms with van der Waals surface area (Å²) < 4.78 is 48.2. The van der Waals surface area contributed by atoms with E-state index in [1.165, 1.54) is 24.3 Å². The van der Waals surface area contributed by atoms with E-state index in [0.717, 1.165) is 39.3 Å². The standard InChI is InChI=1S/C21H31N3O4S2/c1-2-29(25,26)11-3-9-23-14-19-16-24(17-20(19)15-23)10-4-12-30(27,28)21-7-5-18(13-22)6-8-21/h5-8,19-20H,2-4,9-12,14-17H2,1H3. The van der Waals surface area contributed by atoms with Crippen LogP contribution in [0.15, 0.2) is 29.2 Å². The van der Waals surface area contributed by atoms with E-state index < -0.39 is 19.7 Å². The molecule has 2 heterocycles. The van der Waals surface area contributed by atoms with E-state index in [1.807, 2.05) is 6.07 Å². The van der Waals surface area contributed by atoms with Crippen LogP contribution in [0.5, 0.6) is 0 Å². The van der Waals surface area contributed by atoms with Crippen molar-refractivity contribution < 1.29 is 16.8 Å². The maximum absolute atomic E-state index is 12.5. The molecule has 3 rings (SSSR count). The average Bonchev–Trinajstić information content (AvgIpc) is 3.26. The number of hydrogen-bond acceptors (Lipinski definition) is 7. The van der Waals surface area contributed by atoms with Gasteiger partial charge < -0.3 is 9.80 Å². The van der Waals surface area contributed by atoms with Gasteiger partial charge in [-0.3, -0.25) is 0 Å². The fraction of sp³-hybridized carbons (Fsp3) is 0.667. The molecule has 2 atom stereocenters. The van der Waals surface area contributed by atoms with Crippen LogP contribution in [-0.2, 0) is 19.7 Å². The number of rotatable bonds is 10. The summed E-state index contributed by atoms with van der Waals surface area (Å²) in [6.45, 7) is 7.32. The van der Waals surface area contributed by atoms with E-state index in [1.54, 1.807) is 6.92 Å². The van der Waals surface area contributed by atoms with Gasteiger partial charge in [0.1, 0.15) is 9.84 Å². The Kier molecular flexibility index (Phi) is 7.56. The fourth-order valence-electron chi connectivity index (χ4n) is 4.54. The van der Waals surface area contributed by atoms with Crippen molar-refractivity contribution in [1.29, 1.82) is 5.26 Å². The summed E-state index contributed by atoms with van der Waals surface area (Å²) in [5.41, 5.74) is 0.457. The van der Waals surface area contributed by atoms with E-state index in [0.29, 0.717) is 30.2 Å². The molecule has 9 heteroatoms. The highest BCUT2D eigenvalue weighted by Crippen LogP contribution is 2.31. The van der Waals surface area contributed by atoms with Crippen molar-refractivity contribution in [2.24, 2.45) is 11.8 Å². The van der Waals surface area contributed by atoms with Crippen LogP contribution in [0.2, 0.25) is 0 Å². The molecule has 0 aliphatic carbocycles. The lowest BCUT2D eigenvalue weighted by Crippen LogP contribution is -2.31. The Morgan fingerprint density at radius 1 is 0.900 bits per heavy atom. The van der Waals surface area contributed by atoms with Crippen LogP contribution in [-0.4, -0.2) is 83.2 Å². The van der Waals surface area contributed by atoms with E-state index in [-0.39, 0.29) is 22.2 Å². The van der Waals surface area contributed by atoms with Gasteiger partial charge in [0.25, 0.3) is 0 Å². The third kappa shape index (κ3) is 6.03. The minimum absolute atomic E-state index is 0.114. The van der Waals surface area contributed by atoms with Crippen molar-refractivity contribution in [2.45, 2.75) is 24.7 Å². The molecule has 1 aromatic carbocycles. The van der Waals surface area contributed by atoms with Crippen LogP contribution in [0.25, 0.3) is 0 Å². The summed E-state index contributed by atoms with van der Waals surface area (Å²) in [6, 6.07) is 8.09. The summed E-state index contributed by atoms with van der Waals surface area (Å²) in [5, 5.41) is 8.83. The van der Waals surface area contributed by atoms with Crippen LogP contribution >= 0.6 is 0 Å². The highest BCUT2D eigenvalue weighted by atomic mass is 32.2. The lowest BCUT2D eigenvalue weighted by Gasteiger charge is -2.21. The summed E-state index contributed by atoms with van der Waals surface area (Å²) in [6.07, 6.45) is 1.30. The number of nitriles is 1. The van der Waals surface area contributed by atoms with Gasteiger partial charge in [0.15, 0.2) is 9.84 Å². The van der Waals surface area contributed by atoms with Gasteiger partial charge in [0.2, 0.25) is 0 Å². The molecular weight excluding hydrogens is 422 g/mol. The van der Waals surface area contributed by atoms with Crippen molar-refractivity contribution in [3.8, 4) is 6.07 Å². The third-order valence-corrected chi connectivity index (χ3v) is 9.84. The second kappa shape index (κ2) is 9.77. The van der Waals surface area contributed by atoms with Gasteiger partial charge in [0.05, 0.1) is 28.0 Å². The second-order valence-corrected chi connectivity index (χ2v) is 13.0. The molecule has 7 nitrogen and oxygen atoms in total. The highest BCUT2D eigenvalue weighted by molar-refractivity contribution is 7.91. The van der Waals surface area contributed by atoms with Crippen molar-refractivity contribution >= 4 is 19.7 Å². The number of likely N-dealkylation sites (tertiary alicyclic amines) is 2. The van der Waals surface area contributed by atoms with Gasteiger partial charge in [-0.25, -0.2) is 16.8 Å². The summed E-state index contributed by atoms with van der Waals surface area (Å²) >= 11 is 0. The Bertz CT molecular complexity index is 954. The van der Waals surface area contributed by atoms with Gasteiger partial charge in [-0.15, -0.1) is 0 Å². The number of benzene rings is 1. The zero-order valence-electron chi connectivity index (χ0n) is 17.5. The highest BCUT2D eigenvalue weighted by Gasteiger charge is 2.39. The molecule has 0 aromatic heterocycles. The minimum atomic E-state index is -3.32. The first kappa shape index (κ1) is 23.2. The number of sulfone groups is 2. The van der Waals surface area contributed by atoms with Crippen LogP contribution in [0, 0.1) is 23.2 Å². The number of hydrogen-bond donors (Lipinski definition) is 0. The fourth-order valence-corrected chi connectivity index (χ4v) is 6.69. The van der Waals surface area contributed by atoms with Crippen LogP contribution < -0.4 is 0 Å². The van der Waals surface area contributed by atoms with E-state index in [4.69, 9.17) is 5.26 Å². The summed E-state index contributed by atoms with van der Waals surface area (Å²) in [7, 11) is -6.21. The Morgan fingerprint density at radius 3 is 1.87 bits per heavy atom. The average molecular weight is 454 g/mol. The molecule has 2 aliphatic rings. The first-order chi connectivity index (χ1) is 14.2. The topological polar surface area (TPSA) is 98.6 Å². The lowest BCUT2D eigenvalue weighted by atomic mass is 10.0. The maximum Gasteiger partial charge on any atom is 0.178 e. The molecule has 0 amide bonds. The third-order valence-electron chi connectivity index (χ3n) is 6.24. The van der Waals surface area contributed by atoms with Gasteiger partial charge in [-0.1, -0.05) is 6.92 Å². The van der Waals surface area contributed by atoms with Crippen molar-refractivity contribution in [1.82, 2.24) is 9.80 Å². The first-order valence-corrected chi connectivity index (χ1v) is 14.1. The quantitative estimate of drug-likeness (QED) is 0.528. The Labute approximate surface area is 180 Å². The van der Waals surface area contributed by atoms with Gasteiger partial charge >= 0.3 is 0 Å². The molecule has 166 valence electrons. The molecule has 2 unspecified atom stereocenters. The van der Waals surface area contributed by atoms with Crippen molar-refractivity contribution in [3.05, 3.63) is 29.8 Å². The van der Waals surface area contributed by atoms with E-state index in [2.05, 4.69) is 9.80 Å². The summed E-state index contributed by atoms with van der Waals surface area (Å²) in [5.74, 6) is 1.80. The molecule has 0 bridgehead atoms. The van der Waals surface area contributed by atoms with Gasteiger partial charge in [0, 0.05) is 31.9 Å². The first-order valence-electron chi connectivity index (χ1n) is 10.6. The number of nitrogens with zero attached hydrogens (tertiary/aromatic N) is 3. The molecule has 2 saturated heterocycles. The van der Waals surface area contributed by atoms with Gasteiger partial charge in [-0.05, 0) is 62.0 Å². The molecule has 1 aromatic rings. The van der Waals surface area contributed by atoms with E-state index in [9.17, 15) is 16.8 Å². The van der Waals surface area contributed by atoms with Crippen LogP contribution in [0.4, 0.5) is 0 Å². The molecule has 0 spiro atoms. The maximum atomic E-state index is 12.5. The lowest BCUT2D eigenvalue weighted by molar-refractivity contribution is 0.256. The predicted molar refractivity (Wildman–Crippen MR) is 117 cm³/mol. The molecule has 2 aliphatic heterocycles. The smallest absolute Gasteiger partial charge is 0.178 e. The predicted octanol–water partition coefficient (Wildman–Crippen LogP) is 1.41. The molecule has 0 radical (unpaired) electrons. The molecule has 30 heavy (non-hydrogen) atoms. The molecule has 0 saturated carbocycles. The molecule has 0 N–H and O–H groups in total. The van der Waals surface area contributed by atoms with Crippen LogP contribution in [0.1, 0.15) is 25.3 Å². The van der Waals surface area contributed by atoms with Crippen molar-refractivity contribution in [3.63, 3.8) is 0 Å².